The van der Waals surface area contributed by atoms with Crippen molar-refractivity contribution in [2.75, 3.05) is 4.72 Å². The lowest BCUT2D eigenvalue weighted by atomic mass is 10.1. The lowest BCUT2D eigenvalue weighted by molar-refractivity contribution is -0.120. The first kappa shape index (κ1) is 20.4. The van der Waals surface area contributed by atoms with Gasteiger partial charge in [0.25, 0.3) is 10.0 Å². The molecule has 0 saturated heterocycles. The van der Waals surface area contributed by atoms with Crippen LogP contribution in [0.15, 0.2) is 64.9 Å². The Bertz CT molecular complexity index is 1060. The van der Waals surface area contributed by atoms with Gasteiger partial charge in [0, 0.05) is 15.6 Å². The van der Waals surface area contributed by atoms with E-state index in [4.69, 9.17) is 11.6 Å². The lowest BCUT2D eigenvalue weighted by Crippen LogP contribution is -2.24. The maximum atomic E-state index is 12.6. The van der Waals surface area contributed by atoms with Crippen molar-refractivity contribution in [1.29, 1.82) is 0 Å². The van der Waals surface area contributed by atoms with Crippen molar-refractivity contribution >= 4 is 44.6 Å². The third-order valence-corrected chi connectivity index (χ3v) is 6.69. The number of hydrogen-bond acceptors (Lipinski definition) is 4. The predicted molar refractivity (Wildman–Crippen MR) is 113 cm³/mol. The van der Waals surface area contributed by atoms with E-state index < -0.39 is 10.0 Å². The first-order valence-corrected chi connectivity index (χ1v) is 11.2. The molecule has 1 heterocycles. The van der Waals surface area contributed by atoms with E-state index in [-0.39, 0.29) is 17.2 Å². The summed E-state index contributed by atoms with van der Waals surface area (Å²) in [5, 5.41) is 5.19. The number of rotatable bonds is 7. The molecule has 0 fully saturated rings. The molecule has 5 nitrogen and oxygen atoms in total. The highest BCUT2D eigenvalue weighted by Gasteiger charge is 2.17. The van der Waals surface area contributed by atoms with Gasteiger partial charge in [0.2, 0.25) is 5.91 Å². The van der Waals surface area contributed by atoms with Crippen LogP contribution < -0.4 is 10.0 Å². The van der Waals surface area contributed by atoms with Crippen molar-refractivity contribution in [3.8, 4) is 0 Å². The molecule has 0 aliphatic carbocycles. The molecular formula is C20H19ClN2O3S2. The van der Waals surface area contributed by atoms with Crippen LogP contribution in [0.25, 0.3) is 0 Å². The molecule has 2 N–H and O–H groups in total. The van der Waals surface area contributed by atoms with Crippen molar-refractivity contribution in [2.45, 2.75) is 24.8 Å². The third kappa shape index (κ3) is 5.34. The second-order valence-corrected chi connectivity index (χ2v) is 9.36. The highest BCUT2D eigenvalue weighted by atomic mass is 35.5. The number of carbonyl (C=O) groups is 1. The van der Waals surface area contributed by atoms with E-state index >= 15 is 0 Å². The fourth-order valence-electron chi connectivity index (χ4n) is 2.61. The Morgan fingerprint density at radius 2 is 1.86 bits per heavy atom. The molecule has 2 aromatic carbocycles. The van der Waals surface area contributed by atoms with Gasteiger partial charge in [-0.1, -0.05) is 35.9 Å². The third-order valence-electron chi connectivity index (χ3n) is 4.05. The van der Waals surface area contributed by atoms with Crippen LogP contribution in [0.5, 0.6) is 0 Å². The molecule has 3 rings (SSSR count). The number of carbonyl (C=O) groups excluding carboxylic acids is 1. The lowest BCUT2D eigenvalue weighted by Gasteiger charge is -2.11. The summed E-state index contributed by atoms with van der Waals surface area (Å²) in [5.41, 5.74) is 1.82. The van der Waals surface area contributed by atoms with Crippen LogP contribution in [0.1, 0.15) is 16.0 Å². The Hall–Kier alpha value is -2.35. The van der Waals surface area contributed by atoms with Crippen molar-refractivity contribution in [3.63, 3.8) is 0 Å². The quantitative estimate of drug-likeness (QED) is 0.579. The number of sulfonamides is 1. The average molecular weight is 435 g/mol. The van der Waals surface area contributed by atoms with Crippen molar-refractivity contribution in [3.05, 3.63) is 81.0 Å². The summed E-state index contributed by atoms with van der Waals surface area (Å²) in [7, 11) is -3.75. The molecule has 0 unspecified atom stereocenters. The minimum atomic E-state index is -3.75. The highest BCUT2D eigenvalue weighted by Crippen LogP contribution is 2.23. The summed E-state index contributed by atoms with van der Waals surface area (Å²) in [6, 6.07) is 15.4. The zero-order valence-electron chi connectivity index (χ0n) is 15.1. The van der Waals surface area contributed by atoms with Gasteiger partial charge < -0.3 is 5.32 Å². The van der Waals surface area contributed by atoms with E-state index in [1.807, 2.05) is 17.5 Å². The monoisotopic (exact) mass is 434 g/mol. The molecule has 0 atom stereocenters. The Kier molecular flexibility index (Phi) is 6.39. The number of halogens is 1. The van der Waals surface area contributed by atoms with Crippen LogP contribution in [0.4, 0.5) is 5.69 Å². The van der Waals surface area contributed by atoms with E-state index in [0.29, 0.717) is 22.8 Å². The fourth-order valence-corrected chi connectivity index (χ4v) is 4.82. The smallest absolute Gasteiger partial charge is 0.262 e. The number of anilines is 1. The number of aryl methyl sites for hydroxylation is 1. The topological polar surface area (TPSA) is 75.3 Å². The van der Waals surface area contributed by atoms with Gasteiger partial charge in [0.1, 0.15) is 0 Å². The molecule has 0 aliphatic heterocycles. The molecule has 0 radical (unpaired) electrons. The average Bonchev–Trinajstić information content (AvgIpc) is 3.17. The van der Waals surface area contributed by atoms with Gasteiger partial charge in [-0.2, -0.15) is 0 Å². The predicted octanol–water partition coefficient (Wildman–Crippen LogP) is 4.37. The maximum Gasteiger partial charge on any atom is 0.262 e. The molecule has 1 amide bonds. The van der Waals surface area contributed by atoms with E-state index in [2.05, 4.69) is 10.0 Å². The Morgan fingerprint density at radius 3 is 2.54 bits per heavy atom. The van der Waals surface area contributed by atoms with Crippen LogP contribution >= 0.6 is 22.9 Å². The molecule has 1 aromatic heterocycles. The minimum absolute atomic E-state index is 0.0868. The molecule has 146 valence electrons. The highest BCUT2D eigenvalue weighted by molar-refractivity contribution is 7.92. The molecule has 8 heteroatoms. The molecule has 0 spiro atoms. The van der Waals surface area contributed by atoms with Crippen LogP contribution in [-0.4, -0.2) is 14.3 Å². The number of nitrogens with one attached hydrogen (secondary N) is 2. The summed E-state index contributed by atoms with van der Waals surface area (Å²) < 4.78 is 27.7. The zero-order valence-corrected chi connectivity index (χ0v) is 17.5. The SMILES string of the molecule is Cc1ccc(Cl)cc1S(=O)(=O)Nc1ccc(CC(=O)NCc2cccs2)cc1. The van der Waals surface area contributed by atoms with Gasteiger partial charge in [-0.3, -0.25) is 9.52 Å². The molecule has 0 bridgehead atoms. The van der Waals surface area contributed by atoms with Crippen molar-refractivity contribution < 1.29 is 13.2 Å². The van der Waals surface area contributed by atoms with Crippen LogP contribution in [0, 0.1) is 6.92 Å². The Morgan fingerprint density at radius 1 is 1.11 bits per heavy atom. The zero-order chi connectivity index (χ0) is 20.1. The normalized spacial score (nSPS) is 11.2. The Balaban J connectivity index is 1.62. The van der Waals surface area contributed by atoms with E-state index in [1.165, 1.54) is 6.07 Å². The van der Waals surface area contributed by atoms with Crippen LogP contribution in [-0.2, 0) is 27.8 Å². The second-order valence-electron chi connectivity index (χ2n) is 6.25. The number of thiophene rings is 1. The van der Waals surface area contributed by atoms with Crippen LogP contribution in [0.2, 0.25) is 5.02 Å². The first-order chi connectivity index (χ1) is 13.3. The minimum Gasteiger partial charge on any atom is -0.351 e. The summed E-state index contributed by atoms with van der Waals surface area (Å²) >= 11 is 7.51. The second kappa shape index (κ2) is 8.77. The van der Waals surface area contributed by atoms with Gasteiger partial charge >= 0.3 is 0 Å². The number of amides is 1. The van der Waals surface area contributed by atoms with Crippen molar-refractivity contribution in [1.82, 2.24) is 5.32 Å². The number of benzene rings is 2. The number of hydrogen-bond donors (Lipinski definition) is 2. The van der Waals surface area contributed by atoms with Gasteiger partial charge in [0.15, 0.2) is 0 Å². The molecule has 0 aliphatic rings. The summed E-state index contributed by atoms with van der Waals surface area (Å²) in [4.78, 5) is 13.3. The van der Waals surface area contributed by atoms with E-state index in [9.17, 15) is 13.2 Å². The van der Waals surface area contributed by atoms with Gasteiger partial charge in [-0.05, 0) is 53.8 Å². The maximum absolute atomic E-state index is 12.6. The molecule has 0 saturated carbocycles. The van der Waals surface area contributed by atoms with E-state index in [0.717, 1.165) is 10.4 Å². The van der Waals surface area contributed by atoms with E-state index in [1.54, 1.807) is 54.7 Å². The van der Waals surface area contributed by atoms with Crippen molar-refractivity contribution in [2.24, 2.45) is 0 Å². The standard InChI is InChI=1S/C20H19ClN2O3S2/c1-14-4-7-16(21)12-19(14)28(25,26)23-17-8-5-15(6-9-17)11-20(24)22-13-18-3-2-10-27-18/h2-10,12,23H,11,13H2,1H3,(H,22,24). The fraction of sp³-hybridized carbons (Fsp3) is 0.150. The van der Waals surface area contributed by atoms with Gasteiger partial charge in [0.05, 0.1) is 17.9 Å². The molecule has 3 aromatic rings. The summed E-state index contributed by atoms with van der Waals surface area (Å²) in [5.74, 6) is -0.0868. The molecular weight excluding hydrogens is 416 g/mol. The summed E-state index contributed by atoms with van der Waals surface area (Å²) in [6.07, 6.45) is 0.228. The molecule has 28 heavy (non-hydrogen) atoms. The van der Waals surface area contributed by atoms with Gasteiger partial charge in [-0.25, -0.2) is 8.42 Å². The van der Waals surface area contributed by atoms with Crippen LogP contribution in [0.3, 0.4) is 0 Å². The largest absolute Gasteiger partial charge is 0.351 e. The van der Waals surface area contributed by atoms with Gasteiger partial charge in [-0.15, -0.1) is 11.3 Å². The summed E-state index contributed by atoms with van der Waals surface area (Å²) in [6.45, 7) is 2.22. The first-order valence-electron chi connectivity index (χ1n) is 8.50. The Labute approximate surface area is 173 Å².